The molecule has 3 saturated heterocycles. The van der Waals surface area contributed by atoms with Crippen molar-refractivity contribution < 1.29 is 32.6 Å². The van der Waals surface area contributed by atoms with Crippen LogP contribution in [0.3, 0.4) is 0 Å². The molecule has 0 aliphatic carbocycles. The fourth-order valence-corrected chi connectivity index (χ4v) is 6.45. The standard InChI is InChI=1S/C27H31N3O7S/c31-25(21-6-8-22(9-7-21)38(34,35)29-14-18-37-19-15-29)23-24(20-4-2-1-3-5-20)30(27(33)26(23)32)11-10-28-12-16-36-17-13-28/h1-9,24,31H,10-19H2/t24-/m1/s1. The molecule has 2 aromatic rings. The Morgan fingerprint density at radius 2 is 1.45 bits per heavy atom. The maximum absolute atomic E-state index is 13.2. The summed E-state index contributed by atoms with van der Waals surface area (Å²) in [6.45, 7) is 4.86. The van der Waals surface area contributed by atoms with Crippen LogP contribution in [0.5, 0.6) is 0 Å². The maximum atomic E-state index is 13.2. The van der Waals surface area contributed by atoms with Crippen LogP contribution in [-0.2, 0) is 29.1 Å². The van der Waals surface area contributed by atoms with Crippen molar-refractivity contribution >= 4 is 27.5 Å². The van der Waals surface area contributed by atoms with Gasteiger partial charge in [0.2, 0.25) is 10.0 Å². The fourth-order valence-electron chi connectivity index (χ4n) is 5.04. The lowest BCUT2D eigenvalue weighted by atomic mass is 9.95. The van der Waals surface area contributed by atoms with Crippen LogP contribution in [-0.4, -0.2) is 105 Å². The molecular formula is C27H31N3O7S. The van der Waals surface area contributed by atoms with Crippen LogP contribution in [0, 0.1) is 0 Å². The molecule has 1 atom stereocenters. The van der Waals surface area contributed by atoms with E-state index >= 15 is 0 Å². The number of likely N-dealkylation sites (tertiary alicyclic amines) is 1. The van der Waals surface area contributed by atoms with Gasteiger partial charge in [-0.05, 0) is 29.8 Å². The summed E-state index contributed by atoms with van der Waals surface area (Å²) in [6, 6.07) is 14.1. The molecule has 0 saturated carbocycles. The Balaban J connectivity index is 1.46. The average molecular weight is 542 g/mol. The van der Waals surface area contributed by atoms with Crippen LogP contribution in [0.1, 0.15) is 17.2 Å². The lowest BCUT2D eigenvalue weighted by Gasteiger charge is -2.31. The Morgan fingerprint density at radius 3 is 2.08 bits per heavy atom. The number of benzene rings is 2. The van der Waals surface area contributed by atoms with E-state index in [1.807, 2.05) is 30.3 Å². The van der Waals surface area contributed by atoms with E-state index in [9.17, 15) is 23.1 Å². The van der Waals surface area contributed by atoms with Crippen molar-refractivity contribution in [2.45, 2.75) is 10.9 Å². The molecule has 2 aromatic carbocycles. The highest BCUT2D eigenvalue weighted by atomic mass is 32.2. The molecule has 1 N–H and O–H groups in total. The Bertz CT molecular complexity index is 1300. The zero-order valence-electron chi connectivity index (χ0n) is 21.0. The van der Waals surface area contributed by atoms with E-state index in [1.54, 1.807) is 0 Å². The van der Waals surface area contributed by atoms with Gasteiger partial charge in [0.05, 0.1) is 42.9 Å². The van der Waals surface area contributed by atoms with Gasteiger partial charge in [-0.15, -0.1) is 0 Å². The molecule has 10 nitrogen and oxygen atoms in total. The first kappa shape index (κ1) is 26.5. The lowest BCUT2D eigenvalue weighted by molar-refractivity contribution is -0.140. The topological polar surface area (TPSA) is 117 Å². The van der Waals surface area contributed by atoms with Crippen LogP contribution in [0.15, 0.2) is 65.1 Å². The first-order chi connectivity index (χ1) is 18.4. The minimum absolute atomic E-state index is 0.00744. The number of rotatable bonds is 7. The van der Waals surface area contributed by atoms with Crippen molar-refractivity contribution in [3.05, 3.63) is 71.3 Å². The van der Waals surface area contributed by atoms with Gasteiger partial charge in [0, 0.05) is 44.8 Å². The summed E-state index contributed by atoms with van der Waals surface area (Å²) in [5, 5.41) is 11.3. The first-order valence-corrected chi connectivity index (χ1v) is 14.1. The van der Waals surface area contributed by atoms with E-state index < -0.39 is 27.8 Å². The molecule has 0 radical (unpaired) electrons. The second-order valence-corrected chi connectivity index (χ2v) is 11.3. The smallest absolute Gasteiger partial charge is 0.295 e. The number of sulfonamides is 1. The van der Waals surface area contributed by atoms with E-state index in [0.29, 0.717) is 45.1 Å². The number of carbonyl (C=O) groups is 2. The summed E-state index contributed by atoms with van der Waals surface area (Å²) >= 11 is 0. The number of aliphatic hydroxyl groups excluding tert-OH is 1. The van der Waals surface area contributed by atoms with Crippen LogP contribution < -0.4 is 0 Å². The highest BCUT2D eigenvalue weighted by Gasteiger charge is 2.46. The fraction of sp³-hybridized carbons (Fsp3) is 0.407. The van der Waals surface area contributed by atoms with E-state index in [4.69, 9.17) is 9.47 Å². The number of carbonyl (C=O) groups excluding carboxylic acids is 2. The molecular weight excluding hydrogens is 510 g/mol. The van der Waals surface area contributed by atoms with Crippen molar-refractivity contribution in [1.29, 1.82) is 0 Å². The molecule has 0 bridgehead atoms. The van der Waals surface area contributed by atoms with Crippen LogP contribution in [0.25, 0.3) is 5.76 Å². The number of amides is 1. The number of aliphatic hydroxyl groups is 1. The van der Waals surface area contributed by atoms with Gasteiger partial charge >= 0.3 is 0 Å². The van der Waals surface area contributed by atoms with Gasteiger partial charge in [-0.1, -0.05) is 30.3 Å². The molecule has 1 amide bonds. The quantitative estimate of drug-likeness (QED) is 0.318. The summed E-state index contributed by atoms with van der Waals surface area (Å²) in [7, 11) is -3.71. The summed E-state index contributed by atoms with van der Waals surface area (Å²) < 4.78 is 38.0. The number of ketones is 1. The largest absolute Gasteiger partial charge is 0.507 e. The first-order valence-electron chi connectivity index (χ1n) is 12.7. The highest BCUT2D eigenvalue weighted by molar-refractivity contribution is 7.89. The molecule has 3 heterocycles. The van der Waals surface area contributed by atoms with E-state index in [-0.39, 0.29) is 34.9 Å². The third-order valence-corrected chi connectivity index (χ3v) is 9.06. The van der Waals surface area contributed by atoms with Crippen LogP contribution >= 0.6 is 0 Å². The molecule has 38 heavy (non-hydrogen) atoms. The summed E-state index contributed by atoms with van der Waals surface area (Å²) in [5.74, 6) is -1.76. The summed E-state index contributed by atoms with van der Waals surface area (Å²) in [5.41, 5.74) is 0.965. The number of hydrogen-bond acceptors (Lipinski definition) is 8. The Hall–Kier alpha value is -3.09. The second kappa shape index (κ2) is 11.3. The van der Waals surface area contributed by atoms with Gasteiger partial charge in [0.15, 0.2) is 0 Å². The molecule has 0 aromatic heterocycles. The predicted molar refractivity (Wildman–Crippen MR) is 139 cm³/mol. The molecule has 3 aliphatic rings. The molecule has 5 rings (SSSR count). The van der Waals surface area contributed by atoms with Crippen molar-refractivity contribution in [3.63, 3.8) is 0 Å². The maximum Gasteiger partial charge on any atom is 0.295 e. The Morgan fingerprint density at radius 1 is 0.842 bits per heavy atom. The van der Waals surface area contributed by atoms with Gasteiger partial charge < -0.3 is 19.5 Å². The summed E-state index contributed by atoms with van der Waals surface area (Å²) in [6.07, 6.45) is 0. The third-order valence-electron chi connectivity index (χ3n) is 7.15. The molecule has 202 valence electrons. The predicted octanol–water partition coefficient (Wildman–Crippen LogP) is 1.46. The molecule has 3 fully saturated rings. The number of nitrogens with zero attached hydrogens (tertiary/aromatic N) is 3. The van der Waals surface area contributed by atoms with Gasteiger partial charge in [-0.2, -0.15) is 4.31 Å². The normalized spacial score (nSPS) is 23.2. The average Bonchev–Trinajstić information content (AvgIpc) is 3.22. The zero-order valence-corrected chi connectivity index (χ0v) is 21.8. The van der Waals surface area contributed by atoms with Crippen molar-refractivity contribution in [3.8, 4) is 0 Å². The van der Waals surface area contributed by atoms with Gasteiger partial charge in [-0.3, -0.25) is 14.5 Å². The number of morpholine rings is 2. The third kappa shape index (κ3) is 5.25. The van der Waals surface area contributed by atoms with Crippen LogP contribution in [0.4, 0.5) is 0 Å². The monoisotopic (exact) mass is 541 g/mol. The van der Waals surface area contributed by atoms with Crippen LogP contribution in [0.2, 0.25) is 0 Å². The zero-order chi connectivity index (χ0) is 26.7. The molecule has 0 spiro atoms. The van der Waals surface area contributed by atoms with Crippen molar-refractivity contribution in [2.24, 2.45) is 0 Å². The molecule has 3 aliphatic heterocycles. The van der Waals surface area contributed by atoms with Crippen molar-refractivity contribution in [2.75, 3.05) is 65.7 Å². The van der Waals surface area contributed by atoms with E-state index in [1.165, 1.54) is 33.5 Å². The number of ether oxygens (including phenoxy) is 2. The lowest BCUT2D eigenvalue weighted by Crippen LogP contribution is -2.42. The van der Waals surface area contributed by atoms with Gasteiger partial charge in [0.25, 0.3) is 11.7 Å². The number of hydrogen-bond donors (Lipinski definition) is 1. The van der Waals surface area contributed by atoms with Crippen molar-refractivity contribution in [1.82, 2.24) is 14.1 Å². The minimum atomic E-state index is -3.71. The van der Waals surface area contributed by atoms with E-state index in [0.717, 1.165) is 13.1 Å². The summed E-state index contributed by atoms with van der Waals surface area (Å²) in [4.78, 5) is 30.2. The van der Waals surface area contributed by atoms with Gasteiger partial charge in [-0.25, -0.2) is 8.42 Å². The Labute approximate surface area is 222 Å². The second-order valence-electron chi connectivity index (χ2n) is 9.40. The molecule has 11 heteroatoms. The Kier molecular flexibility index (Phi) is 7.91. The SMILES string of the molecule is O=C1C(=O)N(CCN2CCOCC2)[C@H](c2ccccc2)C1=C(O)c1ccc(S(=O)(=O)N2CCOCC2)cc1. The minimum Gasteiger partial charge on any atom is -0.507 e. The molecule has 0 unspecified atom stereocenters. The number of Topliss-reactive ketones (excluding diaryl/α,β-unsaturated/α-hetero) is 1. The van der Waals surface area contributed by atoms with E-state index in [2.05, 4.69) is 4.90 Å². The van der Waals surface area contributed by atoms with Gasteiger partial charge in [0.1, 0.15) is 5.76 Å². The highest BCUT2D eigenvalue weighted by Crippen LogP contribution is 2.39.